The molecule has 0 aromatic heterocycles. The van der Waals surface area contributed by atoms with Crippen LogP contribution in [0, 0.1) is 5.92 Å². The van der Waals surface area contributed by atoms with E-state index in [1.165, 1.54) is 12.1 Å². The molecule has 2 unspecified atom stereocenters. The average molecular weight is 398 g/mol. The lowest BCUT2D eigenvalue weighted by Crippen LogP contribution is -2.48. The Morgan fingerprint density at radius 1 is 0.964 bits per heavy atom. The van der Waals surface area contributed by atoms with Crippen LogP contribution in [0.3, 0.4) is 0 Å². The summed E-state index contributed by atoms with van der Waals surface area (Å²) in [6.07, 6.45) is -0.209. The number of nitrogens with one attached hydrogen (secondary N) is 2. The number of benzene rings is 1. The van der Waals surface area contributed by atoms with E-state index >= 15 is 0 Å². The van der Waals surface area contributed by atoms with Crippen LogP contribution in [-0.4, -0.2) is 29.2 Å². The fraction of sp³-hybridized carbons (Fsp3) is 0.600. The first-order valence-electron chi connectivity index (χ1n) is 9.71. The van der Waals surface area contributed by atoms with Gasteiger partial charge in [0.25, 0.3) is 0 Å². The molecule has 0 heterocycles. The lowest BCUT2D eigenvalue weighted by atomic mass is 9.86. The van der Waals surface area contributed by atoms with Crippen molar-refractivity contribution >= 4 is 12.0 Å². The molecule has 2 aliphatic carbocycles. The molecule has 5 nitrogen and oxygen atoms in total. The first kappa shape index (κ1) is 20.5. The monoisotopic (exact) mass is 398 g/mol. The van der Waals surface area contributed by atoms with E-state index in [0.29, 0.717) is 38.5 Å². The van der Waals surface area contributed by atoms with Gasteiger partial charge in [0.15, 0.2) is 0 Å². The molecule has 3 rings (SSSR count). The van der Waals surface area contributed by atoms with Gasteiger partial charge >= 0.3 is 18.2 Å². The number of carbonyl (C=O) groups excluding carboxylic acids is 1. The van der Waals surface area contributed by atoms with Gasteiger partial charge in [0, 0.05) is 18.0 Å². The highest BCUT2D eigenvalue weighted by atomic mass is 19.4. The van der Waals surface area contributed by atoms with Gasteiger partial charge in [0.2, 0.25) is 0 Å². The molecule has 1 aromatic carbocycles. The number of carboxylic acids is 1. The van der Waals surface area contributed by atoms with Gasteiger partial charge in [-0.2, -0.15) is 13.2 Å². The van der Waals surface area contributed by atoms with E-state index in [4.69, 9.17) is 5.11 Å². The van der Waals surface area contributed by atoms with Crippen molar-refractivity contribution in [2.24, 2.45) is 5.92 Å². The SMILES string of the molecule is O=C(NC1CCC(C(=O)O)CC1)NC1CCCC1c1ccccc1C(F)(F)F. The first-order chi connectivity index (χ1) is 13.3. The number of carboxylic acid groups (broad SMARTS) is 1. The van der Waals surface area contributed by atoms with Gasteiger partial charge in [0.1, 0.15) is 0 Å². The standard InChI is InChI=1S/C20H25F3N2O3/c21-20(22,23)16-6-2-1-4-14(16)15-5-3-7-17(15)25-19(28)24-13-10-8-12(9-11-13)18(26)27/h1-2,4,6,12-13,15,17H,3,5,7-11H2,(H,26,27)(H2,24,25,28). The summed E-state index contributed by atoms with van der Waals surface area (Å²) in [4.78, 5) is 23.4. The first-order valence-corrected chi connectivity index (χ1v) is 9.71. The maximum Gasteiger partial charge on any atom is 0.416 e. The maximum atomic E-state index is 13.3. The zero-order valence-electron chi connectivity index (χ0n) is 15.5. The molecular formula is C20H25F3N2O3. The van der Waals surface area contributed by atoms with E-state index in [1.807, 2.05) is 0 Å². The van der Waals surface area contributed by atoms with Gasteiger partial charge in [-0.15, -0.1) is 0 Å². The molecule has 2 aliphatic rings. The van der Waals surface area contributed by atoms with Crippen molar-refractivity contribution in [1.29, 1.82) is 0 Å². The molecule has 154 valence electrons. The second-order valence-corrected chi connectivity index (χ2v) is 7.73. The predicted molar refractivity (Wildman–Crippen MR) is 96.9 cm³/mol. The van der Waals surface area contributed by atoms with Crippen LogP contribution in [0.25, 0.3) is 0 Å². The third-order valence-electron chi connectivity index (χ3n) is 5.91. The zero-order valence-corrected chi connectivity index (χ0v) is 15.5. The zero-order chi connectivity index (χ0) is 20.3. The summed E-state index contributed by atoms with van der Waals surface area (Å²) >= 11 is 0. The number of carbonyl (C=O) groups is 2. The van der Waals surface area contributed by atoms with Crippen LogP contribution in [-0.2, 0) is 11.0 Å². The molecule has 0 aliphatic heterocycles. The lowest BCUT2D eigenvalue weighted by Gasteiger charge is -2.29. The Bertz CT molecular complexity index is 715. The number of hydrogen-bond donors (Lipinski definition) is 3. The Hall–Kier alpha value is -2.25. The van der Waals surface area contributed by atoms with E-state index in [-0.39, 0.29) is 35.5 Å². The number of aliphatic carboxylic acids is 1. The lowest BCUT2D eigenvalue weighted by molar-refractivity contribution is -0.143. The molecule has 2 fully saturated rings. The Morgan fingerprint density at radius 3 is 2.29 bits per heavy atom. The van der Waals surface area contributed by atoms with Crippen LogP contribution in [0.1, 0.15) is 62.0 Å². The fourth-order valence-electron chi connectivity index (χ4n) is 4.46. The van der Waals surface area contributed by atoms with Crippen molar-refractivity contribution in [2.75, 3.05) is 0 Å². The molecule has 3 N–H and O–H groups in total. The van der Waals surface area contributed by atoms with E-state index in [1.54, 1.807) is 6.07 Å². The van der Waals surface area contributed by atoms with Gasteiger partial charge in [0.05, 0.1) is 11.5 Å². The second kappa shape index (κ2) is 8.41. The molecule has 1 aromatic rings. The Morgan fingerprint density at radius 2 is 1.64 bits per heavy atom. The van der Waals surface area contributed by atoms with Crippen molar-refractivity contribution in [3.8, 4) is 0 Å². The number of rotatable bonds is 4. The molecule has 28 heavy (non-hydrogen) atoms. The Kier molecular flexibility index (Phi) is 6.15. The fourth-order valence-corrected chi connectivity index (χ4v) is 4.46. The van der Waals surface area contributed by atoms with Crippen molar-refractivity contribution < 1.29 is 27.9 Å². The minimum Gasteiger partial charge on any atom is -0.481 e. The smallest absolute Gasteiger partial charge is 0.416 e. The molecule has 0 saturated heterocycles. The quantitative estimate of drug-likeness (QED) is 0.708. The van der Waals surface area contributed by atoms with Gasteiger partial charge < -0.3 is 15.7 Å². The summed E-state index contributed by atoms with van der Waals surface area (Å²) in [5, 5.41) is 14.7. The van der Waals surface area contributed by atoms with Crippen molar-refractivity contribution in [3.05, 3.63) is 35.4 Å². The largest absolute Gasteiger partial charge is 0.481 e. The topological polar surface area (TPSA) is 78.4 Å². The van der Waals surface area contributed by atoms with Gasteiger partial charge in [-0.1, -0.05) is 24.6 Å². The predicted octanol–water partition coefficient (Wildman–Crippen LogP) is 4.28. The normalized spacial score (nSPS) is 28.0. The summed E-state index contributed by atoms with van der Waals surface area (Å²) in [5.74, 6) is -1.54. The average Bonchev–Trinajstić information content (AvgIpc) is 3.09. The van der Waals surface area contributed by atoms with Gasteiger partial charge in [-0.3, -0.25) is 4.79 Å². The van der Waals surface area contributed by atoms with E-state index in [2.05, 4.69) is 10.6 Å². The number of amides is 2. The van der Waals surface area contributed by atoms with E-state index in [9.17, 15) is 22.8 Å². The van der Waals surface area contributed by atoms with Crippen molar-refractivity contribution in [2.45, 2.75) is 69.1 Å². The number of alkyl halides is 3. The highest BCUT2D eigenvalue weighted by Gasteiger charge is 2.39. The van der Waals surface area contributed by atoms with Crippen LogP contribution in [0.15, 0.2) is 24.3 Å². The van der Waals surface area contributed by atoms with Crippen LogP contribution in [0.5, 0.6) is 0 Å². The van der Waals surface area contributed by atoms with Gasteiger partial charge in [-0.05, 0) is 50.2 Å². The highest BCUT2D eigenvalue weighted by molar-refractivity contribution is 5.75. The third-order valence-corrected chi connectivity index (χ3v) is 5.91. The summed E-state index contributed by atoms with van der Waals surface area (Å²) < 4.78 is 40.0. The van der Waals surface area contributed by atoms with Crippen LogP contribution < -0.4 is 10.6 Å². The number of halogens is 3. The summed E-state index contributed by atoms with van der Waals surface area (Å²) in [6.45, 7) is 0. The Balaban J connectivity index is 1.60. The molecule has 0 radical (unpaired) electrons. The van der Waals surface area contributed by atoms with E-state index < -0.39 is 17.7 Å². The van der Waals surface area contributed by atoms with Gasteiger partial charge in [-0.25, -0.2) is 4.79 Å². The minimum atomic E-state index is -4.42. The minimum absolute atomic E-state index is 0.0992. The molecular weight excluding hydrogens is 373 g/mol. The molecule has 0 spiro atoms. The molecule has 8 heteroatoms. The maximum absolute atomic E-state index is 13.3. The second-order valence-electron chi connectivity index (χ2n) is 7.73. The highest BCUT2D eigenvalue weighted by Crippen LogP contribution is 2.41. The van der Waals surface area contributed by atoms with Crippen LogP contribution in [0.2, 0.25) is 0 Å². The molecule has 0 bridgehead atoms. The summed E-state index contributed by atoms with van der Waals surface area (Å²) in [6, 6.07) is 4.73. The summed E-state index contributed by atoms with van der Waals surface area (Å²) in [7, 11) is 0. The van der Waals surface area contributed by atoms with Crippen LogP contribution >= 0.6 is 0 Å². The molecule has 2 atom stereocenters. The number of urea groups is 1. The summed E-state index contributed by atoms with van der Waals surface area (Å²) in [5.41, 5.74) is -0.402. The van der Waals surface area contributed by atoms with E-state index in [0.717, 1.165) is 12.5 Å². The molecule has 2 saturated carbocycles. The van der Waals surface area contributed by atoms with Crippen molar-refractivity contribution in [3.63, 3.8) is 0 Å². The van der Waals surface area contributed by atoms with Crippen molar-refractivity contribution in [1.82, 2.24) is 10.6 Å². The van der Waals surface area contributed by atoms with Crippen LogP contribution in [0.4, 0.5) is 18.0 Å². The molecule has 2 amide bonds. The Labute approximate surface area is 161 Å². The third kappa shape index (κ3) is 4.77. The number of hydrogen-bond acceptors (Lipinski definition) is 2.